The standard InChI is InChI=1S/C17H23N3O2/c1-12-6-7-15(11-16(12)22-4)17(21)18-8-5-9-20-14(3)10-13(2)19-20/h6-7,10-11H,5,8-9H2,1-4H3,(H,18,21). The number of methoxy groups -OCH3 is 1. The lowest BCUT2D eigenvalue weighted by Gasteiger charge is -2.09. The van der Waals surface area contributed by atoms with Crippen LogP contribution in [0.2, 0.25) is 0 Å². The van der Waals surface area contributed by atoms with Gasteiger partial charge >= 0.3 is 0 Å². The number of rotatable bonds is 6. The highest BCUT2D eigenvalue weighted by Crippen LogP contribution is 2.18. The van der Waals surface area contributed by atoms with E-state index in [0.29, 0.717) is 12.1 Å². The number of aromatic nitrogens is 2. The Kier molecular flexibility index (Phi) is 5.20. The number of hydrogen-bond donors (Lipinski definition) is 1. The lowest BCUT2D eigenvalue weighted by atomic mass is 10.1. The van der Waals surface area contributed by atoms with Gasteiger partial charge in [-0.25, -0.2) is 0 Å². The summed E-state index contributed by atoms with van der Waals surface area (Å²) in [4.78, 5) is 12.1. The molecule has 0 aliphatic rings. The number of ether oxygens (including phenoxy) is 1. The molecule has 0 aliphatic carbocycles. The van der Waals surface area contributed by atoms with Gasteiger partial charge in [-0.3, -0.25) is 9.48 Å². The summed E-state index contributed by atoms with van der Waals surface area (Å²) in [5, 5.41) is 7.34. The highest BCUT2D eigenvalue weighted by atomic mass is 16.5. The van der Waals surface area contributed by atoms with E-state index in [-0.39, 0.29) is 5.91 Å². The Hall–Kier alpha value is -2.30. The molecule has 1 N–H and O–H groups in total. The van der Waals surface area contributed by atoms with E-state index >= 15 is 0 Å². The Labute approximate surface area is 131 Å². The topological polar surface area (TPSA) is 56.1 Å². The predicted molar refractivity (Wildman–Crippen MR) is 86.4 cm³/mol. The molecule has 22 heavy (non-hydrogen) atoms. The second kappa shape index (κ2) is 7.11. The fourth-order valence-electron chi connectivity index (χ4n) is 2.40. The van der Waals surface area contributed by atoms with E-state index in [2.05, 4.69) is 16.5 Å². The van der Waals surface area contributed by atoms with Gasteiger partial charge < -0.3 is 10.1 Å². The molecule has 118 valence electrons. The molecule has 2 rings (SSSR count). The Morgan fingerprint density at radius 1 is 1.27 bits per heavy atom. The second-order valence-corrected chi connectivity index (χ2v) is 5.44. The molecule has 0 radical (unpaired) electrons. The molecule has 5 nitrogen and oxygen atoms in total. The lowest BCUT2D eigenvalue weighted by Crippen LogP contribution is -2.25. The molecule has 0 atom stereocenters. The van der Waals surface area contributed by atoms with Crippen LogP contribution in [0, 0.1) is 20.8 Å². The van der Waals surface area contributed by atoms with E-state index in [0.717, 1.165) is 35.7 Å². The van der Waals surface area contributed by atoms with Crippen molar-refractivity contribution in [1.29, 1.82) is 0 Å². The van der Waals surface area contributed by atoms with Crippen molar-refractivity contribution in [2.45, 2.75) is 33.7 Å². The fraction of sp³-hybridized carbons (Fsp3) is 0.412. The van der Waals surface area contributed by atoms with Crippen LogP contribution in [-0.4, -0.2) is 29.3 Å². The number of nitrogens with zero attached hydrogens (tertiary/aromatic N) is 2. The molecule has 1 heterocycles. The van der Waals surface area contributed by atoms with Crippen LogP contribution in [0.3, 0.4) is 0 Å². The van der Waals surface area contributed by atoms with Gasteiger partial charge in [-0.15, -0.1) is 0 Å². The molecule has 0 saturated carbocycles. The largest absolute Gasteiger partial charge is 0.496 e. The molecule has 0 spiro atoms. The highest BCUT2D eigenvalue weighted by Gasteiger charge is 2.08. The van der Waals surface area contributed by atoms with Crippen LogP contribution >= 0.6 is 0 Å². The number of carbonyl (C=O) groups is 1. The first-order valence-electron chi connectivity index (χ1n) is 7.45. The second-order valence-electron chi connectivity index (χ2n) is 5.44. The van der Waals surface area contributed by atoms with Gasteiger partial charge in [-0.2, -0.15) is 5.10 Å². The molecule has 5 heteroatoms. The van der Waals surface area contributed by atoms with E-state index in [1.807, 2.05) is 37.6 Å². The van der Waals surface area contributed by atoms with Crippen LogP contribution in [-0.2, 0) is 6.54 Å². The molecular formula is C17H23N3O2. The minimum absolute atomic E-state index is 0.0772. The minimum Gasteiger partial charge on any atom is -0.496 e. The summed E-state index contributed by atoms with van der Waals surface area (Å²) >= 11 is 0. The maximum absolute atomic E-state index is 12.1. The monoisotopic (exact) mass is 301 g/mol. The third-order valence-corrected chi connectivity index (χ3v) is 3.61. The maximum atomic E-state index is 12.1. The molecule has 0 bridgehead atoms. The van der Waals surface area contributed by atoms with E-state index in [9.17, 15) is 4.79 Å². The van der Waals surface area contributed by atoms with Crippen molar-refractivity contribution in [2.24, 2.45) is 0 Å². The first-order chi connectivity index (χ1) is 10.5. The smallest absolute Gasteiger partial charge is 0.251 e. The number of hydrogen-bond acceptors (Lipinski definition) is 3. The van der Waals surface area contributed by atoms with E-state index in [1.54, 1.807) is 13.2 Å². The van der Waals surface area contributed by atoms with Crippen molar-refractivity contribution in [1.82, 2.24) is 15.1 Å². The Balaban J connectivity index is 1.84. The van der Waals surface area contributed by atoms with Crippen molar-refractivity contribution >= 4 is 5.91 Å². The minimum atomic E-state index is -0.0772. The SMILES string of the molecule is COc1cc(C(=O)NCCCn2nc(C)cc2C)ccc1C. The number of aryl methyl sites for hydroxylation is 4. The Bertz CT molecular complexity index is 662. The molecule has 1 aromatic carbocycles. The average Bonchev–Trinajstić information content (AvgIpc) is 2.81. The van der Waals surface area contributed by atoms with Gasteiger partial charge in [-0.1, -0.05) is 6.07 Å². The molecule has 0 aliphatic heterocycles. The molecule has 1 amide bonds. The zero-order valence-electron chi connectivity index (χ0n) is 13.6. The first kappa shape index (κ1) is 16.1. The van der Waals surface area contributed by atoms with Crippen LogP contribution in [0.25, 0.3) is 0 Å². The number of amides is 1. The van der Waals surface area contributed by atoms with Crippen molar-refractivity contribution in [3.8, 4) is 5.75 Å². The van der Waals surface area contributed by atoms with Gasteiger partial charge in [0.2, 0.25) is 0 Å². The highest BCUT2D eigenvalue weighted by molar-refractivity contribution is 5.94. The molecule has 0 saturated heterocycles. The van der Waals surface area contributed by atoms with Gasteiger partial charge in [0.1, 0.15) is 5.75 Å². The van der Waals surface area contributed by atoms with Crippen molar-refractivity contribution in [3.63, 3.8) is 0 Å². The molecule has 2 aromatic rings. The van der Waals surface area contributed by atoms with Gasteiger partial charge in [0.25, 0.3) is 5.91 Å². The Morgan fingerprint density at radius 3 is 2.68 bits per heavy atom. The lowest BCUT2D eigenvalue weighted by molar-refractivity contribution is 0.0952. The quantitative estimate of drug-likeness (QED) is 0.835. The third-order valence-electron chi connectivity index (χ3n) is 3.61. The van der Waals surface area contributed by atoms with Crippen LogP contribution in [0.15, 0.2) is 24.3 Å². The van der Waals surface area contributed by atoms with Crippen LogP contribution in [0.4, 0.5) is 0 Å². The van der Waals surface area contributed by atoms with Gasteiger partial charge in [0.15, 0.2) is 0 Å². The van der Waals surface area contributed by atoms with Crippen LogP contribution < -0.4 is 10.1 Å². The third kappa shape index (κ3) is 3.87. The molecule has 1 aromatic heterocycles. The Morgan fingerprint density at radius 2 is 2.05 bits per heavy atom. The number of benzene rings is 1. The van der Waals surface area contributed by atoms with Crippen molar-refractivity contribution in [2.75, 3.05) is 13.7 Å². The van der Waals surface area contributed by atoms with Crippen LogP contribution in [0.5, 0.6) is 5.75 Å². The number of nitrogens with one attached hydrogen (secondary N) is 1. The van der Waals surface area contributed by atoms with E-state index in [1.165, 1.54) is 0 Å². The maximum Gasteiger partial charge on any atom is 0.251 e. The summed E-state index contributed by atoms with van der Waals surface area (Å²) in [6.07, 6.45) is 0.844. The summed E-state index contributed by atoms with van der Waals surface area (Å²) in [5.41, 5.74) is 3.80. The summed E-state index contributed by atoms with van der Waals surface area (Å²) in [6.45, 7) is 7.40. The molecule has 0 fully saturated rings. The van der Waals surface area contributed by atoms with Gasteiger partial charge in [0, 0.05) is 24.3 Å². The molecule has 0 unspecified atom stereocenters. The van der Waals surface area contributed by atoms with Gasteiger partial charge in [-0.05, 0) is 51.0 Å². The summed E-state index contributed by atoms with van der Waals surface area (Å²) in [5.74, 6) is 0.655. The fourth-order valence-corrected chi connectivity index (χ4v) is 2.40. The summed E-state index contributed by atoms with van der Waals surface area (Å²) in [6, 6.07) is 7.53. The average molecular weight is 301 g/mol. The zero-order valence-corrected chi connectivity index (χ0v) is 13.6. The zero-order chi connectivity index (χ0) is 16.1. The van der Waals surface area contributed by atoms with Crippen molar-refractivity contribution < 1.29 is 9.53 Å². The normalized spacial score (nSPS) is 10.5. The van der Waals surface area contributed by atoms with E-state index in [4.69, 9.17) is 4.74 Å². The summed E-state index contributed by atoms with van der Waals surface area (Å²) < 4.78 is 7.21. The first-order valence-corrected chi connectivity index (χ1v) is 7.45. The molecular weight excluding hydrogens is 278 g/mol. The van der Waals surface area contributed by atoms with E-state index < -0.39 is 0 Å². The summed E-state index contributed by atoms with van der Waals surface area (Å²) in [7, 11) is 1.61. The van der Waals surface area contributed by atoms with Crippen molar-refractivity contribution in [3.05, 3.63) is 46.8 Å². The predicted octanol–water partition coefficient (Wildman–Crippen LogP) is 2.64. The number of carbonyl (C=O) groups excluding carboxylic acids is 1. The van der Waals surface area contributed by atoms with Crippen LogP contribution in [0.1, 0.15) is 33.7 Å². The van der Waals surface area contributed by atoms with Gasteiger partial charge in [0.05, 0.1) is 12.8 Å².